The molecule has 2 unspecified atom stereocenters. The lowest BCUT2D eigenvalue weighted by Gasteiger charge is -2.34. The van der Waals surface area contributed by atoms with Crippen molar-refractivity contribution in [1.82, 2.24) is 4.90 Å². The molecule has 0 spiro atoms. The summed E-state index contributed by atoms with van der Waals surface area (Å²) < 4.78 is 5.45. The molecule has 2 atom stereocenters. The Morgan fingerprint density at radius 2 is 2.57 bits per heavy atom. The second kappa shape index (κ2) is 5.12. The zero-order valence-corrected chi connectivity index (χ0v) is 8.61. The maximum atomic E-state index is 11.5. The van der Waals surface area contributed by atoms with Crippen LogP contribution >= 0.6 is 0 Å². The minimum Gasteiger partial charge on any atom is -0.373 e. The Morgan fingerprint density at radius 1 is 1.86 bits per heavy atom. The lowest BCUT2D eigenvalue weighted by atomic mass is 10.1. The molecule has 4 heteroatoms. The van der Waals surface area contributed by atoms with Crippen molar-refractivity contribution in [3.05, 3.63) is 12.7 Å². The van der Waals surface area contributed by atoms with Gasteiger partial charge in [-0.3, -0.25) is 4.79 Å². The number of nitrogens with zero attached hydrogens (tertiary/aromatic N) is 1. The molecular weight excluding hydrogens is 180 g/mol. The van der Waals surface area contributed by atoms with Gasteiger partial charge < -0.3 is 15.4 Å². The molecule has 4 nitrogen and oxygen atoms in total. The smallest absolute Gasteiger partial charge is 0.226 e. The minimum absolute atomic E-state index is 0.0301. The first-order valence-electron chi connectivity index (χ1n) is 4.91. The fourth-order valence-corrected chi connectivity index (χ4v) is 1.47. The predicted molar refractivity (Wildman–Crippen MR) is 54.8 cm³/mol. The molecule has 80 valence electrons. The Hall–Kier alpha value is -0.870. The molecule has 0 aromatic carbocycles. The highest BCUT2D eigenvalue weighted by atomic mass is 16.5. The van der Waals surface area contributed by atoms with Crippen LogP contribution in [0.4, 0.5) is 0 Å². The SMILES string of the molecule is C=CCC(=O)N1CCOC(C(C)N)C1. The monoisotopic (exact) mass is 198 g/mol. The zero-order chi connectivity index (χ0) is 10.6. The van der Waals surface area contributed by atoms with E-state index in [2.05, 4.69) is 6.58 Å². The van der Waals surface area contributed by atoms with Gasteiger partial charge in [-0.05, 0) is 6.92 Å². The van der Waals surface area contributed by atoms with Gasteiger partial charge in [0.2, 0.25) is 5.91 Å². The Morgan fingerprint density at radius 3 is 3.14 bits per heavy atom. The van der Waals surface area contributed by atoms with Crippen LogP contribution in [-0.4, -0.2) is 42.6 Å². The van der Waals surface area contributed by atoms with Crippen molar-refractivity contribution in [3.63, 3.8) is 0 Å². The molecule has 14 heavy (non-hydrogen) atoms. The fraction of sp³-hybridized carbons (Fsp3) is 0.700. The van der Waals surface area contributed by atoms with Gasteiger partial charge in [-0.15, -0.1) is 6.58 Å². The molecule has 0 aliphatic carbocycles. The first-order valence-corrected chi connectivity index (χ1v) is 4.91. The molecule has 1 rings (SSSR count). The van der Waals surface area contributed by atoms with E-state index in [9.17, 15) is 4.79 Å². The number of morpholine rings is 1. The maximum Gasteiger partial charge on any atom is 0.226 e. The summed E-state index contributed by atoms with van der Waals surface area (Å²) in [4.78, 5) is 13.3. The van der Waals surface area contributed by atoms with Gasteiger partial charge in [0.05, 0.1) is 12.7 Å². The third kappa shape index (κ3) is 2.82. The highest BCUT2D eigenvalue weighted by molar-refractivity contribution is 5.77. The Balaban J connectivity index is 2.47. The van der Waals surface area contributed by atoms with E-state index >= 15 is 0 Å². The number of ether oxygens (including phenoxy) is 1. The number of hydrogen-bond acceptors (Lipinski definition) is 3. The number of carbonyl (C=O) groups excluding carboxylic acids is 1. The van der Waals surface area contributed by atoms with Gasteiger partial charge in [-0.1, -0.05) is 6.08 Å². The zero-order valence-electron chi connectivity index (χ0n) is 8.61. The molecule has 0 aromatic heterocycles. The Kier molecular flexibility index (Phi) is 4.10. The Bertz CT molecular complexity index is 216. The van der Waals surface area contributed by atoms with Gasteiger partial charge in [0.25, 0.3) is 0 Å². The molecule has 1 fully saturated rings. The van der Waals surface area contributed by atoms with Gasteiger partial charge in [0, 0.05) is 25.6 Å². The van der Waals surface area contributed by atoms with Gasteiger partial charge in [0.1, 0.15) is 0 Å². The standard InChI is InChI=1S/C10H18N2O2/c1-3-4-10(13)12-5-6-14-9(7-12)8(2)11/h3,8-9H,1,4-7,11H2,2H3. The average Bonchev–Trinajstić information content (AvgIpc) is 2.18. The molecule has 1 aliphatic rings. The van der Waals surface area contributed by atoms with E-state index in [1.807, 2.05) is 6.92 Å². The summed E-state index contributed by atoms with van der Waals surface area (Å²) >= 11 is 0. The normalized spacial score (nSPS) is 24.4. The topological polar surface area (TPSA) is 55.6 Å². The summed E-state index contributed by atoms with van der Waals surface area (Å²) in [6.07, 6.45) is 1.99. The van der Waals surface area contributed by atoms with Gasteiger partial charge in [0.15, 0.2) is 0 Å². The lowest BCUT2D eigenvalue weighted by molar-refractivity contribution is -0.138. The van der Waals surface area contributed by atoms with Crippen molar-refractivity contribution in [2.45, 2.75) is 25.5 Å². The fourth-order valence-electron chi connectivity index (χ4n) is 1.47. The van der Waals surface area contributed by atoms with Gasteiger partial charge in [-0.25, -0.2) is 0 Å². The van der Waals surface area contributed by atoms with E-state index in [1.54, 1.807) is 11.0 Å². The third-order valence-electron chi connectivity index (χ3n) is 2.35. The second-order valence-electron chi connectivity index (χ2n) is 3.60. The van der Waals surface area contributed by atoms with E-state index < -0.39 is 0 Å². The largest absolute Gasteiger partial charge is 0.373 e. The minimum atomic E-state index is -0.0330. The molecule has 0 bridgehead atoms. The molecule has 2 N–H and O–H groups in total. The number of hydrogen-bond donors (Lipinski definition) is 1. The Labute approximate surface area is 84.7 Å². The first-order chi connectivity index (χ1) is 6.65. The summed E-state index contributed by atoms with van der Waals surface area (Å²) in [5, 5.41) is 0. The highest BCUT2D eigenvalue weighted by Crippen LogP contribution is 2.09. The summed E-state index contributed by atoms with van der Waals surface area (Å²) in [7, 11) is 0. The van der Waals surface area contributed by atoms with E-state index in [0.717, 1.165) is 0 Å². The third-order valence-corrected chi connectivity index (χ3v) is 2.35. The molecule has 1 amide bonds. The molecular formula is C10H18N2O2. The summed E-state index contributed by atoms with van der Waals surface area (Å²) in [5.74, 6) is 0.106. The van der Waals surface area contributed by atoms with Crippen LogP contribution in [0.25, 0.3) is 0 Å². The number of rotatable bonds is 3. The highest BCUT2D eigenvalue weighted by Gasteiger charge is 2.25. The van der Waals surface area contributed by atoms with E-state index in [0.29, 0.717) is 26.1 Å². The average molecular weight is 198 g/mol. The molecule has 1 aliphatic heterocycles. The van der Waals surface area contributed by atoms with Crippen LogP contribution in [0.1, 0.15) is 13.3 Å². The molecule has 1 heterocycles. The van der Waals surface area contributed by atoms with Gasteiger partial charge in [-0.2, -0.15) is 0 Å². The van der Waals surface area contributed by atoms with Crippen LogP contribution in [0.3, 0.4) is 0 Å². The van der Waals surface area contributed by atoms with Crippen LogP contribution in [0.5, 0.6) is 0 Å². The van der Waals surface area contributed by atoms with Crippen LogP contribution < -0.4 is 5.73 Å². The summed E-state index contributed by atoms with van der Waals surface area (Å²) in [5.41, 5.74) is 5.72. The van der Waals surface area contributed by atoms with E-state index in [1.165, 1.54) is 0 Å². The van der Waals surface area contributed by atoms with Crippen LogP contribution in [0.2, 0.25) is 0 Å². The van der Waals surface area contributed by atoms with Gasteiger partial charge >= 0.3 is 0 Å². The van der Waals surface area contributed by atoms with Crippen molar-refractivity contribution in [2.24, 2.45) is 5.73 Å². The molecule has 0 saturated carbocycles. The van der Waals surface area contributed by atoms with Crippen molar-refractivity contribution >= 4 is 5.91 Å². The van der Waals surface area contributed by atoms with E-state index in [-0.39, 0.29) is 18.1 Å². The quantitative estimate of drug-likeness (QED) is 0.656. The second-order valence-corrected chi connectivity index (χ2v) is 3.60. The van der Waals surface area contributed by atoms with Crippen molar-refractivity contribution in [1.29, 1.82) is 0 Å². The maximum absolute atomic E-state index is 11.5. The predicted octanol–water partition coefficient (Wildman–Crippen LogP) is 0.137. The summed E-state index contributed by atoms with van der Waals surface area (Å²) in [6.45, 7) is 7.28. The van der Waals surface area contributed by atoms with Crippen molar-refractivity contribution in [2.75, 3.05) is 19.7 Å². The number of amides is 1. The number of nitrogens with two attached hydrogens (primary N) is 1. The van der Waals surface area contributed by atoms with Crippen molar-refractivity contribution in [3.8, 4) is 0 Å². The first kappa shape index (κ1) is 11.2. The number of carbonyl (C=O) groups is 1. The van der Waals surface area contributed by atoms with Crippen LogP contribution in [0.15, 0.2) is 12.7 Å². The molecule has 0 radical (unpaired) electrons. The molecule has 0 aromatic rings. The summed E-state index contributed by atoms with van der Waals surface area (Å²) in [6, 6.07) is -0.0330. The van der Waals surface area contributed by atoms with Crippen LogP contribution in [-0.2, 0) is 9.53 Å². The van der Waals surface area contributed by atoms with E-state index in [4.69, 9.17) is 10.5 Å². The van der Waals surface area contributed by atoms with Crippen LogP contribution in [0, 0.1) is 0 Å². The van der Waals surface area contributed by atoms with Crippen molar-refractivity contribution < 1.29 is 9.53 Å². The lowest BCUT2D eigenvalue weighted by Crippen LogP contribution is -2.51. The molecule has 1 saturated heterocycles.